The molecular formula is C25H28ClN7O3. The van der Waals surface area contributed by atoms with Crippen LogP contribution in [0.5, 0.6) is 0 Å². The van der Waals surface area contributed by atoms with E-state index in [2.05, 4.69) is 41.1 Å². The van der Waals surface area contributed by atoms with Crippen LogP contribution in [0, 0.1) is 5.41 Å². The number of benzene rings is 1. The number of aliphatic hydroxyl groups is 1. The number of anilines is 1. The number of aliphatic hydroxyl groups excluding tert-OH is 1. The number of halogens is 1. The third-order valence-electron chi connectivity index (χ3n) is 6.04. The number of hydrogen-bond acceptors (Lipinski definition) is 8. The van der Waals surface area contributed by atoms with E-state index in [-0.39, 0.29) is 24.0 Å². The third-order valence-corrected chi connectivity index (χ3v) is 6.25. The second kappa shape index (κ2) is 9.51. The highest BCUT2D eigenvalue weighted by atomic mass is 35.5. The summed E-state index contributed by atoms with van der Waals surface area (Å²) in [5.74, 6) is -0.0953. The van der Waals surface area contributed by atoms with E-state index in [9.17, 15) is 9.90 Å². The molecule has 5 rings (SSSR count). The lowest BCUT2D eigenvalue weighted by Gasteiger charge is -2.39. The molecule has 0 aliphatic carbocycles. The molecular weight excluding hydrogens is 482 g/mol. The first kappa shape index (κ1) is 24.2. The fraction of sp³-hybridized carbons (Fsp3) is 0.400. The van der Waals surface area contributed by atoms with E-state index in [0.717, 1.165) is 17.8 Å². The fourth-order valence-corrected chi connectivity index (χ4v) is 4.46. The Balaban J connectivity index is 1.27. The van der Waals surface area contributed by atoms with Crippen molar-refractivity contribution in [2.24, 2.45) is 5.41 Å². The summed E-state index contributed by atoms with van der Waals surface area (Å²) in [6, 6.07) is 10.7. The van der Waals surface area contributed by atoms with E-state index >= 15 is 0 Å². The Labute approximate surface area is 213 Å². The van der Waals surface area contributed by atoms with Crippen LogP contribution in [-0.4, -0.2) is 73.2 Å². The number of amides is 1. The van der Waals surface area contributed by atoms with Crippen molar-refractivity contribution in [2.45, 2.75) is 33.4 Å². The van der Waals surface area contributed by atoms with Crippen LogP contribution < -0.4 is 4.90 Å². The molecule has 188 valence electrons. The van der Waals surface area contributed by atoms with Gasteiger partial charge in [-0.25, -0.2) is 4.98 Å². The molecule has 1 amide bonds. The summed E-state index contributed by atoms with van der Waals surface area (Å²) in [7, 11) is 0. The molecule has 1 aliphatic rings. The minimum absolute atomic E-state index is 0.0953. The number of nitrogens with zero attached hydrogens (tertiary/aromatic N) is 7. The molecule has 0 radical (unpaired) electrons. The quantitative estimate of drug-likeness (QED) is 0.407. The number of carbonyl (C=O) groups excluding carboxylic acids is 1. The molecule has 36 heavy (non-hydrogen) atoms. The first-order valence-electron chi connectivity index (χ1n) is 11.8. The van der Waals surface area contributed by atoms with Gasteiger partial charge in [0.15, 0.2) is 5.58 Å². The molecule has 1 atom stereocenters. The maximum absolute atomic E-state index is 13.2. The number of fused-ring (bicyclic) bond motifs is 1. The van der Waals surface area contributed by atoms with Crippen molar-refractivity contribution in [2.75, 3.05) is 31.1 Å². The van der Waals surface area contributed by atoms with Crippen LogP contribution in [-0.2, 0) is 6.54 Å². The lowest BCUT2D eigenvalue weighted by molar-refractivity contribution is 0.0695. The summed E-state index contributed by atoms with van der Waals surface area (Å²) in [6.45, 7) is 8.33. The Morgan fingerprint density at radius 1 is 1.14 bits per heavy atom. The number of pyridine rings is 1. The van der Waals surface area contributed by atoms with Crippen LogP contribution in [0.15, 0.2) is 47.0 Å². The normalized spacial score (nSPS) is 16.6. The molecule has 0 unspecified atom stereocenters. The number of aromatic nitrogens is 5. The number of rotatable bonds is 5. The van der Waals surface area contributed by atoms with E-state index in [4.69, 9.17) is 16.0 Å². The Hall–Kier alpha value is -3.50. The first-order chi connectivity index (χ1) is 17.2. The van der Waals surface area contributed by atoms with Crippen LogP contribution in [0.1, 0.15) is 31.1 Å². The fourth-order valence-electron chi connectivity index (χ4n) is 4.31. The van der Waals surface area contributed by atoms with Gasteiger partial charge in [0.2, 0.25) is 5.65 Å². The SMILES string of the molecule is CC(C)(C)Cn1cc(-c2ccc(C(=O)N3CCN(c4nc5nc(Cl)ccc5o4)[C@H](CO)C3)cc2)nn1. The molecule has 0 saturated carbocycles. The van der Waals surface area contributed by atoms with E-state index in [1.165, 1.54) is 0 Å². The van der Waals surface area contributed by atoms with Crippen molar-refractivity contribution in [3.8, 4) is 11.3 Å². The molecule has 10 nitrogen and oxygen atoms in total. The zero-order valence-corrected chi connectivity index (χ0v) is 21.2. The van der Waals surface area contributed by atoms with Gasteiger partial charge < -0.3 is 19.3 Å². The van der Waals surface area contributed by atoms with Crippen LogP contribution in [0.4, 0.5) is 6.01 Å². The van der Waals surface area contributed by atoms with Crippen molar-refractivity contribution in [3.63, 3.8) is 0 Å². The van der Waals surface area contributed by atoms with Crippen molar-refractivity contribution in [1.82, 2.24) is 29.9 Å². The van der Waals surface area contributed by atoms with Gasteiger partial charge in [-0.15, -0.1) is 5.10 Å². The minimum Gasteiger partial charge on any atom is -0.422 e. The smallest absolute Gasteiger partial charge is 0.300 e. The molecule has 4 heterocycles. The maximum Gasteiger partial charge on any atom is 0.300 e. The van der Waals surface area contributed by atoms with Gasteiger partial charge in [-0.1, -0.05) is 49.7 Å². The number of piperazine rings is 1. The monoisotopic (exact) mass is 509 g/mol. The van der Waals surface area contributed by atoms with Crippen molar-refractivity contribution < 1.29 is 14.3 Å². The van der Waals surface area contributed by atoms with Gasteiger partial charge in [-0.3, -0.25) is 9.48 Å². The molecule has 1 fully saturated rings. The second-order valence-corrected chi connectivity index (χ2v) is 10.6. The van der Waals surface area contributed by atoms with E-state index in [1.54, 1.807) is 29.2 Å². The number of oxazole rings is 1. The molecule has 4 aromatic rings. The van der Waals surface area contributed by atoms with Crippen LogP contribution in [0.2, 0.25) is 5.15 Å². The molecule has 3 aromatic heterocycles. The Morgan fingerprint density at radius 2 is 1.92 bits per heavy atom. The van der Waals surface area contributed by atoms with E-state index in [1.807, 2.05) is 27.9 Å². The lowest BCUT2D eigenvalue weighted by atomic mass is 9.97. The van der Waals surface area contributed by atoms with Crippen molar-refractivity contribution >= 4 is 34.8 Å². The predicted octanol–water partition coefficient (Wildman–Crippen LogP) is 3.50. The molecule has 1 N–H and O–H groups in total. The average molecular weight is 510 g/mol. The summed E-state index contributed by atoms with van der Waals surface area (Å²) in [5.41, 5.74) is 3.26. The van der Waals surface area contributed by atoms with Gasteiger partial charge in [0, 0.05) is 37.3 Å². The molecule has 1 saturated heterocycles. The van der Waals surface area contributed by atoms with Crippen molar-refractivity contribution in [3.05, 3.63) is 53.3 Å². The zero-order chi connectivity index (χ0) is 25.4. The number of hydrogen-bond donors (Lipinski definition) is 1. The van der Waals surface area contributed by atoms with Gasteiger partial charge in [0.25, 0.3) is 11.9 Å². The molecule has 11 heteroatoms. The summed E-state index contributed by atoms with van der Waals surface area (Å²) in [4.78, 5) is 25.4. The highest BCUT2D eigenvalue weighted by Crippen LogP contribution is 2.26. The topological polar surface area (TPSA) is 113 Å². The van der Waals surface area contributed by atoms with Gasteiger partial charge in [0.1, 0.15) is 10.8 Å². The highest BCUT2D eigenvalue weighted by molar-refractivity contribution is 6.29. The summed E-state index contributed by atoms with van der Waals surface area (Å²) < 4.78 is 7.66. The minimum atomic E-state index is -0.358. The predicted molar refractivity (Wildman–Crippen MR) is 136 cm³/mol. The Kier molecular flexibility index (Phi) is 6.40. The summed E-state index contributed by atoms with van der Waals surface area (Å²) in [6.07, 6.45) is 1.92. The molecule has 1 aromatic carbocycles. The molecule has 0 bridgehead atoms. The van der Waals surface area contributed by atoms with Crippen LogP contribution >= 0.6 is 11.6 Å². The Morgan fingerprint density at radius 3 is 2.64 bits per heavy atom. The van der Waals surface area contributed by atoms with Gasteiger partial charge >= 0.3 is 0 Å². The third kappa shape index (κ3) is 5.05. The lowest BCUT2D eigenvalue weighted by Crippen LogP contribution is -2.56. The molecule has 1 aliphatic heterocycles. The van der Waals surface area contributed by atoms with Gasteiger partial charge in [-0.05, 0) is 29.7 Å². The maximum atomic E-state index is 13.2. The van der Waals surface area contributed by atoms with Crippen molar-refractivity contribution in [1.29, 1.82) is 0 Å². The van der Waals surface area contributed by atoms with E-state index in [0.29, 0.717) is 47.6 Å². The summed E-state index contributed by atoms with van der Waals surface area (Å²) in [5, 5.41) is 18.9. The second-order valence-electron chi connectivity index (χ2n) is 10.2. The van der Waals surface area contributed by atoms with E-state index < -0.39 is 0 Å². The largest absolute Gasteiger partial charge is 0.422 e. The van der Waals surface area contributed by atoms with Crippen LogP contribution in [0.25, 0.3) is 22.5 Å². The zero-order valence-electron chi connectivity index (χ0n) is 20.4. The van der Waals surface area contributed by atoms with Gasteiger partial charge in [0.05, 0.1) is 18.8 Å². The van der Waals surface area contributed by atoms with Crippen LogP contribution in [0.3, 0.4) is 0 Å². The van der Waals surface area contributed by atoms with Gasteiger partial charge in [-0.2, -0.15) is 4.98 Å². The molecule has 0 spiro atoms. The first-order valence-corrected chi connectivity index (χ1v) is 12.2. The highest BCUT2D eigenvalue weighted by Gasteiger charge is 2.32. The summed E-state index contributed by atoms with van der Waals surface area (Å²) >= 11 is 5.95. The standard InChI is InChI=1S/C25H28ClN7O3/c1-25(2,3)15-32-13-19(29-30-32)16-4-6-17(7-5-16)23(35)31-10-11-33(18(12-31)14-34)24-28-22-20(36-24)8-9-21(26)27-22/h4-9,13,18,34H,10-12,14-15H2,1-3H3/t18-/m0/s1. The average Bonchev–Trinajstić information content (AvgIpc) is 3.48. The number of carbonyl (C=O) groups is 1. The Bertz CT molecular complexity index is 1380.